The van der Waals surface area contributed by atoms with Gasteiger partial charge >= 0.3 is 0 Å². The number of rotatable bonds is 2. The lowest BCUT2D eigenvalue weighted by atomic mass is 9.77. The summed E-state index contributed by atoms with van der Waals surface area (Å²) in [6.07, 6.45) is 3.49. The molecule has 0 aromatic rings. The summed E-state index contributed by atoms with van der Waals surface area (Å²) in [5, 5.41) is 0. The van der Waals surface area contributed by atoms with E-state index in [4.69, 9.17) is 5.73 Å². The first kappa shape index (κ1) is 9.59. The number of hydrogen-bond donors (Lipinski definition) is 1. The minimum absolute atomic E-state index is 0.415. The van der Waals surface area contributed by atoms with Crippen LogP contribution in [0.2, 0.25) is 0 Å². The number of allylic oxidation sites excluding steroid dienone is 1. The molecule has 0 atom stereocenters. The Kier molecular flexibility index (Phi) is 2.78. The molecule has 12 heavy (non-hydrogen) atoms. The van der Waals surface area contributed by atoms with E-state index in [0.717, 1.165) is 12.1 Å². The summed E-state index contributed by atoms with van der Waals surface area (Å²) in [5.41, 5.74) is 6.89. The van der Waals surface area contributed by atoms with E-state index in [9.17, 15) is 0 Å². The molecule has 1 saturated heterocycles. The van der Waals surface area contributed by atoms with Crippen LogP contribution in [0, 0.1) is 5.41 Å². The fraction of sp³-hybridized carbons (Fsp3) is 0.800. The summed E-state index contributed by atoms with van der Waals surface area (Å²) < 4.78 is 0. The van der Waals surface area contributed by atoms with Crippen LogP contribution in [0.1, 0.15) is 26.2 Å². The highest BCUT2D eigenvalue weighted by atomic mass is 15.1. The van der Waals surface area contributed by atoms with Gasteiger partial charge in [-0.15, -0.1) is 0 Å². The lowest BCUT2D eigenvalue weighted by Gasteiger charge is -2.37. The first-order chi connectivity index (χ1) is 5.52. The Morgan fingerprint density at radius 2 is 2.00 bits per heavy atom. The van der Waals surface area contributed by atoms with Crippen molar-refractivity contribution in [3.8, 4) is 0 Å². The average Bonchev–Trinajstić information content (AvgIpc) is 1.94. The van der Waals surface area contributed by atoms with E-state index in [0.29, 0.717) is 5.41 Å². The average molecular weight is 168 g/mol. The van der Waals surface area contributed by atoms with Crippen molar-refractivity contribution in [1.82, 2.24) is 4.90 Å². The topological polar surface area (TPSA) is 29.3 Å². The molecular weight excluding hydrogens is 148 g/mol. The standard InChI is InChI=1S/C10H20N2/c1-9(11)8-10(2)4-6-12(3)7-5-10/h1,4-8,11H2,2-3H3. The summed E-state index contributed by atoms with van der Waals surface area (Å²) in [6.45, 7) is 8.49. The summed E-state index contributed by atoms with van der Waals surface area (Å²) in [4.78, 5) is 2.38. The molecule has 0 radical (unpaired) electrons. The van der Waals surface area contributed by atoms with Crippen LogP contribution < -0.4 is 5.73 Å². The lowest BCUT2D eigenvalue weighted by molar-refractivity contribution is 0.139. The third-order valence-electron chi connectivity index (χ3n) is 2.85. The number of piperidine rings is 1. The molecular formula is C10H20N2. The van der Waals surface area contributed by atoms with Gasteiger partial charge in [0.25, 0.3) is 0 Å². The molecule has 70 valence electrons. The maximum absolute atomic E-state index is 5.64. The molecule has 1 rings (SSSR count). The van der Waals surface area contributed by atoms with Crippen molar-refractivity contribution < 1.29 is 0 Å². The van der Waals surface area contributed by atoms with Gasteiger partial charge in [-0.3, -0.25) is 0 Å². The maximum atomic E-state index is 5.64. The van der Waals surface area contributed by atoms with Gasteiger partial charge in [-0.05, 0) is 44.8 Å². The zero-order valence-electron chi connectivity index (χ0n) is 8.27. The molecule has 0 saturated carbocycles. The van der Waals surface area contributed by atoms with Crippen LogP contribution in [0.5, 0.6) is 0 Å². The quantitative estimate of drug-likeness (QED) is 0.678. The first-order valence-electron chi connectivity index (χ1n) is 4.64. The molecule has 0 bridgehead atoms. The van der Waals surface area contributed by atoms with Gasteiger partial charge in [-0.25, -0.2) is 0 Å². The van der Waals surface area contributed by atoms with Crippen molar-refractivity contribution >= 4 is 0 Å². The van der Waals surface area contributed by atoms with Crippen molar-refractivity contribution in [2.24, 2.45) is 11.1 Å². The molecule has 0 aromatic carbocycles. The zero-order valence-corrected chi connectivity index (χ0v) is 8.27. The van der Waals surface area contributed by atoms with E-state index in [1.807, 2.05) is 0 Å². The Labute approximate surface area is 75.4 Å². The second-order valence-corrected chi connectivity index (χ2v) is 4.45. The Morgan fingerprint density at radius 1 is 1.50 bits per heavy atom. The van der Waals surface area contributed by atoms with Gasteiger partial charge in [-0.2, -0.15) is 0 Å². The van der Waals surface area contributed by atoms with Gasteiger partial charge in [-0.1, -0.05) is 13.5 Å². The summed E-state index contributed by atoms with van der Waals surface area (Å²) in [7, 11) is 2.18. The second kappa shape index (κ2) is 3.48. The van der Waals surface area contributed by atoms with Crippen molar-refractivity contribution in [3.63, 3.8) is 0 Å². The monoisotopic (exact) mass is 168 g/mol. The SMILES string of the molecule is C=C(N)CC1(C)CCN(C)CC1. The van der Waals surface area contributed by atoms with Gasteiger partial charge in [0, 0.05) is 5.70 Å². The first-order valence-corrected chi connectivity index (χ1v) is 4.64. The fourth-order valence-corrected chi connectivity index (χ4v) is 1.88. The second-order valence-electron chi connectivity index (χ2n) is 4.45. The highest BCUT2D eigenvalue weighted by molar-refractivity contribution is 4.95. The minimum atomic E-state index is 0.415. The largest absolute Gasteiger partial charge is 0.402 e. The van der Waals surface area contributed by atoms with E-state index in [2.05, 4.69) is 25.5 Å². The van der Waals surface area contributed by atoms with E-state index in [-0.39, 0.29) is 0 Å². The molecule has 1 heterocycles. The third kappa shape index (κ3) is 2.52. The fourth-order valence-electron chi connectivity index (χ4n) is 1.88. The molecule has 2 N–H and O–H groups in total. The minimum Gasteiger partial charge on any atom is -0.402 e. The molecule has 1 aliphatic rings. The molecule has 0 aliphatic carbocycles. The van der Waals surface area contributed by atoms with Crippen molar-refractivity contribution in [2.45, 2.75) is 26.2 Å². The van der Waals surface area contributed by atoms with Gasteiger partial charge < -0.3 is 10.6 Å². The molecule has 1 fully saturated rings. The molecule has 0 amide bonds. The van der Waals surface area contributed by atoms with E-state index >= 15 is 0 Å². The Balaban J connectivity index is 2.44. The molecule has 1 aliphatic heterocycles. The molecule has 0 aromatic heterocycles. The third-order valence-corrected chi connectivity index (χ3v) is 2.85. The maximum Gasteiger partial charge on any atom is 0.00129 e. The summed E-state index contributed by atoms with van der Waals surface area (Å²) in [6, 6.07) is 0. The number of likely N-dealkylation sites (tertiary alicyclic amines) is 1. The predicted molar refractivity (Wildman–Crippen MR) is 52.8 cm³/mol. The highest BCUT2D eigenvalue weighted by Gasteiger charge is 2.28. The molecule has 2 heteroatoms. The van der Waals surface area contributed by atoms with Crippen molar-refractivity contribution in [2.75, 3.05) is 20.1 Å². The van der Waals surface area contributed by atoms with Crippen molar-refractivity contribution in [3.05, 3.63) is 12.3 Å². The molecule has 0 unspecified atom stereocenters. The van der Waals surface area contributed by atoms with E-state index in [1.165, 1.54) is 25.9 Å². The van der Waals surface area contributed by atoms with Crippen LogP contribution in [-0.2, 0) is 0 Å². The summed E-state index contributed by atoms with van der Waals surface area (Å²) >= 11 is 0. The van der Waals surface area contributed by atoms with E-state index in [1.54, 1.807) is 0 Å². The Hall–Kier alpha value is -0.500. The smallest absolute Gasteiger partial charge is 0.00129 e. The lowest BCUT2D eigenvalue weighted by Crippen LogP contribution is -2.36. The van der Waals surface area contributed by atoms with Gasteiger partial charge in [0.15, 0.2) is 0 Å². The Morgan fingerprint density at radius 3 is 2.42 bits per heavy atom. The zero-order chi connectivity index (χ0) is 9.19. The summed E-state index contributed by atoms with van der Waals surface area (Å²) in [5.74, 6) is 0. The number of nitrogens with two attached hydrogens (primary N) is 1. The van der Waals surface area contributed by atoms with E-state index < -0.39 is 0 Å². The number of hydrogen-bond acceptors (Lipinski definition) is 2. The van der Waals surface area contributed by atoms with Crippen LogP contribution in [-0.4, -0.2) is 25.0 Å². The van der Waals surface area contributed by atoms with Crippen LogP contribution in [0.3, 0.4) is 0 Å². The normalized spacial score (nSPS) is 23.8. The van der Waals surface area contributed by atoms with Gasteiger partial charge in [0.2, 0.25) is 0 Å². The van der Waals surface area contributed by atoms with Crippen LogP contribution in [0.15, 0.2) is 12.3 Å². The van der Waals surface area contributed by atoms with Crippen molar-refractivity contribution in [1.29, 1.82) is 0 Å². The van der Waals surface area contributed by atoms with Crippen LogP contribution >= 0.6 is 0 Å². The Bertz CT molecular complexity index is 167. The predicted octanol–water partition coefficient (Wildman–Crippen LogP) is 1.58. The van der Waals surface area contributed by atoms with Crippen LogP contribution in [0.25, 0.3) is 0 Å². The van der Waals surface area contributed by atoms with Gasteiger partial charge in [0.1, 0.15) is 0 Å². The molecule has 2 nitrogen and oxygen atoms in total. The molecule has 0 spiro atoms. The number of nitrogens with zero attached hydrogens (tertiary/aromatic N) is 1. The van der Waals surface area contributed by atoms with Gasteiger partial charge in [0.05, 0.1) is 0 Å². The highest BCUT2D eigenvalue weighted by Crippen LogP contribution is 2.35. The van der Waals surface area contributed by atoms with Crippen LogP contribution in [0.4, 0.5) is 0 Å².